The zero-order valence-electron chi connectivity index (χ0n) is 14.8. The van der Waals surface area contributed by atoms with Crippen LogP contribution in [0.1, 0.15) is 33.9 Å². The molecule has 7 heteroatoms. The van der Waals surface area contributed by atoms with Gasteiger partial charge in [0.1, 0.15) is 5.82 Å². The number of nitrogens with zero attached hydrogens (tertiary/aromatic N) is 3. The molecule has 28 heavy (non-hydrogen) atoms. The number of carbonyl (C=O) groups is 1. The van der Waals surface area contributed by atoms with E-state index >= 15 is 0 Å². The van der Waals surface area contributed by atoms with Crippen molar-refractivity contribution in [3.8, 4) is 17.2 Å². The van der Waals surface area contributed by atoms with Crippen molar-refractivity contribution < 1.29 is 14.3 Å². The molecule has 2 atom stereocenters. The number of benzene rings is 2. The lowest BCUT2D eigenvalue weighted by Gasteiger charge is -2.25. The Morgan fingerprint density at radius 3 is 2.86 bits per heavy atom. The Morgan fingerprint density at radius 1 is 1.32 bits per heavy atom. The standard InChI is InChI=1S/C21H17FN4O2/c22-19-4-2-1-3-18(19)20-8-16(27)12-26(20)21(28)13-5-6-17(14(7-13)9-23)15-10-24-25-11-15/h1-7,10-11,16,20,27H,8,12H2,(H,24,25)/t16?,20-/m1/s1. The summed E-state index contributed by atoms with van der Waals surface area (Å²) in [6.07, 6.45) is 2.81. The molecule has 1 aliphatic heterocycles. The first-order valence-electron chi connectivity index (χ1n) is 8.85. The van der Waals surface area contributed by atoms with Gasteiger partial charge in [-0.3, -0.25) is 9.89 Å². The van der Waals surface area contributed by atoms with Crippen molar-refractivity contribution in [2.24, 2.45) is 0 Å². The summed E-state index contributed by atoms with van der Waals surface area (Å²) in [7, 11) is 0. The smallest absolute Gasteiger partial charge is 0.254 e. The van der Waals surface area contributed by atoms with Gasteiger partial charge in [-0.1, -0.05) is 24.3 Å². The summed E-state index contributed by atoms with van der Waals surface area (Å²) < 4.78 is 14.3. The third-order valence-electron chi connectivity index (χ3n) is 5.00. The predicted octanol–water partition coefficient (Wildman–Crippen LogP) is 3.04. The lowest BCUT2D eigenvalue weighted by atomic mass is 9.99. The van der Waals surface area contributed by atoms with Gasteiger partial charge in [-0.2, -0.15) is 10.4 Å². The van der Waals surface area contributed by atoms with E-state index in [0.717, 1.165) is 5.56 Å². The molecule has 1 fully saturated rings. The van der Waals surface area contributed by atoms with E-state index in [4.69, 9.17) is 0 Å². The number of amides is 1. The van der Waals surface area contributed by atoms with Crippen molar-refractivity contribution in [3.05, 3.63) is 77.4 Å². The molecule has 2 heterocycles. The minimum Gasteiger partial charge on any atom is -0.391 e. The lowest BCUT2D eigenvalue weighted by Crippen LogP contribution is -2.32. The fraction of sp³-hybridized carbons (Fsp3) is 0.190. The molecule has 140 valence electrons. The van der Waals surface area contributed by atoms with Gasteiger partial charge in [0.2, 0.25) is 0 Å². The molecule has 0 bridgehead atoms. The Kier molecular flexibility index (Phi) is 4.63. The van der Waals surface area contributed by atoms with E-state index in [2.05, 4.69) is 16.3 Å². The predicted molar refractivity (Wildman–Crippen MR) is 99.5 cm³/mol. The Bertz CT molecular complexity index is 1060. The molecule has 1 unspecified atom stereocenters. The lowest BCUT2D eigenvalue weighted by molar-refractivity contribution is 0.0714. The van der Waals surface area contributed by atoms with E-state index in [9.17, 15) is 19.6 Å². The third-order valence-corrected chi connectivity index (χ3v) is 5.00. The van der Waals surface area contributed by atoms with Crippen molar-refractivity contribution in [2.45, 2.75) is 18.6 Å². The Labute approximate surface area is 160 Å². The quantitative estimate of drug-likeness (QED) is 0.735. The zero-order chi connectivity index (χ0) is 19.7. The minimum absolute atomic E-state index is 0.114. The fourth-order valence-corrected chi connectivity index (χ4v) is 3.66. The Balaban J connectivity index is 1.68. The summed E-state index contributed by atoms with van der Waals surface area (Å²) in [5.41, 5.74) is 2.45. The number of hydrogen-bond acceptors (Lipinski definition) is 4. The normalized spacial score (nSPS) is 18.8. The molecule has 1 saturated heterocycles. The van der Waals surface area contributed by atoms with E-state index in [-0.39, 0.29) is 18.9 Å². The number of likely N-dealkylation sites (tertiary alicyclic amines) is 1. The van der Waals surface area contributed by atoms with Gasteiger partial charge >= 0.3 is 0 Å². The number of H-pyrrole nitrogens is 1. The Morgan fingerprint density at radius 2 is 2.14 bits per heavy atom. The number of halogens is 1. The molecule has 1 aliphatic rings. The second-order valence-corrected chi connectivity index (χ2v) is 6.74. The van der Waals surface area contributed by atoms with E-state index in [1.807, 2.05) is 0 Å². The highest BCUT2D eigenvalue weighted by Crippen LogP contribution is 2.35. The van der Waals surface area contributed by atoms with Crippen LogP contribution in [0.2, 0.25) is 0 Å². The molecule has 1 amide bonds. The number of rotatable bonds is 3. The fourth-order valence-electron chi connectivity index (χ4n) is 3.66. The summed E-state index contributed by atoms with van der Waals surface area (Å²) in [6.45, 7) is 0.114. The molecule has 2 N–H and O–H groups in total. The van der Waals surface area contributed by atoms with Gasteiger partial charge in [0, 0.05) is 35.0 Å². The SMILES string of the molecule is N#Cc1cc(C(=O)N2CC(O)C[C@@H]2c2ccccc2F)ccc1-c1cn[nH]c1. The Hall–Kier alpha value is -3.50. The van der Waals surface area contributed by atoms with Crippen molar-refractivity contribution >= 4 is 5.91 Å². The molecular formula is C21H17FN4O2. The maximum absolute atomic E-state index is 14.3. The van der Waals surface area contributed by atoms with Crippen LogP contribution in [-0.2, 0) is 0 Å². The first-order chi connectivity index (χ1) is 13.6. The van der Waals surface area contributed by atoms with E-state index < -0.39 is 18.0 Å². The van der Waals surface area contributed by atoms with Crippen LogP contribution in [0, 0.1) is 17.1 Å². The van der Waals surface area contributed by atoms with E-state index in [1.54, 1.807) is 42.7 Å². The van der Waals surface area contributed by atoms with Gasteiger partial charge in [-0.05, 0) is 24.6 Å². The molecule has 0 radical (unpaired) electrons. The van der Waals surface area contributed by atoms with Crippen LogP contribution in [0.4, 0.5) is 4.39 Å². The molecular weight excluding hydrogens is 359 g/mol. The molecule has 2 aromatic carbocycles. The van der Waals surface area contributed by atoms with Crippen LogP contribution in [0.15, 0.2) is 54.9 Å². The van der Waals surface area contributed by atoms with Crippen molar-refractivity contribution in [2.75, 3.05) is 6.54 Å². The highest BCUT2D eigenvalue weighted by atomic mass is 19.1. The van der Waals surface area contributed by atoms with Crippen LogP contribution in [-0.4, -0.2) is 38.8 Å². The van der Waals surface area contributed by atoms with Crippen molar-refractivity contribution in [1.82, 2.24) is 15.1 Å². The van der Waals surface area contributed by atoms with Gasteiger partial charge in [-0.15, -0.1) is 0 Å². The van der Waals surface area contributed by atoms with Gasteiger partial charge in [0.25, 0.3) is 5.91 Å². The number of aromatic amines is 1. The number of hydrogen-bond donors (Lipinski definition) is 2. The zero-order valence-corrected chi connectivity index (χ0v) is 14.8. The highest BCUT2D eigenvalue weighted by Gasteiger charge is 2.37. The maximum Gasteiger partial charge on any atom is 0.254 e. The van der Waals surface area contributed by atoms with Crippen LogP contribution < -0.4 is 0 Å². The van der Waals surface area contributed by atoms with Crippen molar-refractivity contribution in [1.29, 1.82) is 5.26 Å². The summed E-state index contributed by atoms with van der Waals surface area (Å²) in [6, 6.07) is 12.7. The number of aliphatic hydroxyl groups is 1. The number of carbonyl (C=O) groups excluding carboxylic acids is 1. The number of nitrogens with one attached hydrogen (secondary N) is 1. The topological polar surface area (TPSA) is 93.0 Å². The molecule has 0 aliphatic carbocycles. The molecule has 4 rings (SSSR count). The maximum atomic E-state index is 14.3. The summed E-state index contributed by atoms with van der Waals surface area (Å²) >= 11 is 0. The van der Waals surface area contributed by atoms with Gasteiger partial charge < -0.3 is 10.0 Å². The number of aromatic nitrogens is 2. The van der Waals surface area contributed by atoms with Crippen LogP contribution in [0.3, 0.4) is 0 Å². The molecule has 6 nitrogen and oxygen atoms in total. The van der Waals surface area contributed by atoms with Crippen LogP contribution in [0.5, 0.6) is 0 Å². The summed E-state index contributed by atoms with van der Waals surface area (Å²) in [5.74, 6) is -0.757. The molecule has 1 aromatic heterocycles. The van der Waals surface area contributed by atoms with Crippen molar-refractivity contribution in [3.63, 3.8) is 0 Å². The average molecular weight is 376 g/mol. The second kappa shape index (κ2) is 7.25. The monoisotopic (exact) mass is 376 g/mol. The number of aliphatic hydroxyl groups excluding tert-OH is 1. The summed E-state index contributed by atoms with van der Waals surface area (Å²) in [5, 5.41) is 26.2. The molecule has 0 saturated carbocycles. The second-order valence-electron chi connectivity index (χ2n) is 6.74. The first kappa shape index (κ1) is 17.9. The number of β-amino-alcohol motifs (C(OH)–C–C–N with tert-alkyl or cyclic N) is 1. The van der Waals surface area contributed by atoms with Gasteiger partial charge in [-0.25, -0.2) is 4.39 Å². The number of nitriles is 1. The molecule has 0 spiro atoms. The van der Waals surface area contributed by atoms with E-state index in [1.165, 1.54) is 17.0 Å². The van der Waals surface area contributed by atoms with Crippen LogP contribution >= 0.6 is 0 Å². The average Bonchev–Trinajstić information content (AvgIpc) is 3.37. The van der Waals surface area contributed by atoms with E-state index in [0.29, 0.717) is 22.3 Å². The van der Waals surface area contributed by atoms with Gasteiger partial charge in [0.15, 0.2) is 0 Å². The third kappa shape index (κ3) is 3.15. The van der Waals surface area contributed by atoms with Gasteiger partial charge in [0.05, 0.1) is 30.0 Å². The highest BCUT2D eigenvalue weighted by molar-refractivity contribution is 5.96. The minimum atomic E-state index is -0.728. The largest absolute Gasteiger partial charge is 0.391 e. The van der Waals surface area contributed by atoms with Crippen LogP contribution in [0.25, 0.3) is 11.1 Å². The first-order valence-corrected chi connectivity index (χ1v) is 8.85. The summed E-state index contributed by atoms with van der Waals surface area (Å²) in [4.78, 5) is 14.6. The molecule has 3 aromatic rings.